The zero-order valence-corrected chi connectivity index (χ0v) is 18.1. The summed E-state index contributed by atoms with van der Waals surface area (Å²) in [5, 5.41) is 15.7. The highest BCUT2D eigenvalue weighted by atomic mass is 16.2. The van der Waals surface area contributed by atoms with Crippen LogP contribution < -0.4 is 15.5 Å². The molecule has 1 aliphatic heterocycles. The summed E-state index contributed by atoms with van der Waals surface area (Å²) in [7, 11) is 1.67. The third-order valence-corrected chi connectivity index (χ3v) is 7.33. The highest BCUT2D eigenvalue weighted by Crippen LogP contribution is 2.52. The molecule has 0 bridgehead atoms. The Hall–Kier alpha value is -3.47. The zero-order chi connectivity index (χ0) is 22.3. The van der Waals surface area contributed by atoms with Crippen molar-refractivity contribution in [1.82, 2.24) is 15.3 Å². The Bertz CT molecular complexity index is 1100. The third kappa shape index (κ3) is 3.11. The smallest absolute Gasteiger partial charge is 0.247 e. The normalized spacial score (nSPS) is 23.9. The second-order valence-electron chi connectivity index (χ2n) is 9.04. The van der Waals surface area contributed by atoms with Gasteiger partial charge in [-0.05, 0) is 55.7 Å². The molecule has 2 N–H and O–H groups in total. The molecule has 2 aliphatic carbocycles. The number of hydrogen-bond acceptors (Lipinski definition) is 6. The molecule has 0 spiro atoms. The van der Waals surface area contributed by atoms with Crippen molar-refractivity contribution < 1.29 is 9.59 Å². The van der Waals surface area contributed by atoms with Gasteiger partial charge in [0, 0.05) is 37.7 Å². The van der Waals surface area contributed by atoms with E-state index in [0.717, 1.165) is 43.4 Å². The quantitative estimate of drug-likeness (QED) is 0.729. The van der Waals surface area contributed by atoms with Gasteiger partial charge in [0.15, 0.2) is 0 Å². The van der Waals surface area contributed by atoms with Crippen LogP contribution in [0.4, 0.5) is 17.3 Å². The number of nitriles is 1. The van der Waals surface area contributed by atoms with Gasteiger partial charge < -0.3 is 15.5 Å². The molecule has 2 saturated carbocycles. The van der Waals surface area contributed by atoms with Gasteiger partial charge in [0.05, 0.1) is 11.5 Å². The van der Waals surface area contributed by atoms with E-state index in [1.807, 2.05) is 18.2 Å². The summed E-state index contributed by atoms with van der Waals surface area (Å²) in [4.78, 5) is 36.0. The number of amides is 2. The number of likely N-dealkylation sites (N-methyl/N-ethyl adjacent to an activating group) is 1. The fourth-order valence-electron chi connectivity index (χ4n) is 5.09. The first-order valence-corrected chi connectivity index (χ1v) is 11.2. The van der Waals surface area contributed by atoms with Crippen LogP contribution in [0.3, 0.4) is 0 Å². The SMILES string of the molecule is CNC(=O)C1(c2ccc(Nc3cc(N4CC[C@@](C#N)(C5CC5)C4=O)ccn3)nc2)CCC1. The molecule has 8 nitrogen and oxygen atoms in total. The monoisotopic (exact) mass is 430 g/mol. The van der Waals surface area contributed by atoms with Crippen molar-refractivity contribution in [2.24, 2.45) is 11.3 Å². The lowest BCUT2D eigenvalue weighted by atomic mass is 9.64. The summed E-state index contributed by atoms with van der Waals surface area (Å²) >= 11 is 0. The topological polar surface area (TPSA) is 111 Å². The summed E-state index contributed by atoms with van der Waals surface area (Å²) in [6.07, 6.45) is 8.60. The third-order valence-electron chi connectivity index (χ3n) is 7.33. The molecule has 1 saturated heterocycles. The minimum atomic E-state index is -0.865. The van der Waals surface area contributed by atoms with Gasteiger partial charge in [0.2, 0.25) is 11.8 Å². The molecule has 2 aromatic rings. The minimum Gasteiger partial charge on any atom is -0.358 e. The maximum atomic E-state index is 13.1. The predicted molar refractivity (Wildman–Crippen MR) is 119 cm³/mol. The lowest BCUT2D eigenvalue weighted by Gasteiger charge is -2.40. The molecule has 1 atom stereocenters. The molecule has 5 rings (SSSR count). The maximum Gasteiger partial charge on any atom is 0.247 e. The number of carbonyl (C=O) groups is 2. The van der Waals surface area contributed by atoms with Crippen LogP contribution in [-0.4, -0.2) is 35.4 Å². The second kappa shape index (κ2) is 7.59. The van der Waals surface area contributed by atoms with Gasteiger partial charge in [-0.3, -0.25) is 9.59 Å². The molecule has 3 fully saturated rings. The number of pyridine rings is 2. The van der Waals surface area contributed by atoms with Gasteiger partial charge >= 0.3 is 0 Å². The van der Waals surface area contributed by atoms with E-state index < -0.39 is 10.8 Å². The lowest BCUT2D eigenvalue weighted by molar-refractivity contribution is -0.129. The van der Waals surface area contributed by atoms with E-state index >= 15 is 0 Å². The summed E-state index contributed by atoms with van der Waals surface area (Å²) in [6, 6.07) is 9.72. The van der Waals surface area contributed by atoms with E-state index in [1.165, 1.54) is 0 Å². The van der Waals surface area contributed by atoms with Crippen LogP contribution in [0, 0.1) is 22.7 Å². The number of carbonyl (C=O) groups excluding carboxylic acids is 2. The van der Waals surface area contributed by atoms with Crippen molar-refractivity contribution in [3.63, 3.8) is 0 Å². The summed E-state index contributed by atoms with van der Waals surface area (Å²) in [5.74, 6) is 1.32. The largest absolute Gasteiger partial charge is 0.358 e. The van der Waals surface area contributed by atoms with E-state index in [2.05, 4.69) is 26.7 Å². The highest BCUT2D eigenvalue weighted by molar-refractivity contribution is 6.02. The Kier molecular flexibility index (Phi) is 4.85. The molecule has 2 aromatic heterocycles. The number of aromatic nitrogens is 2. The van der Waals surface area contributed by atoms with Gasteiger partial charge in [-0.1, -0.05) is 12.5 Å². The Morgan fingerprint density at radius 1 is 1.19 bits per heavy atom. The predicted octanol–water partition coefficient (Wildman–Crippen LogP) is 3.04. The molecule has 3 heterocycles. The average Bonchev–Trinajstić information content (AvgIpc) is 3.58. The molecule has 0 unspecified atom stereocenters. The summed E-state index contributed by atoms with van der Waals surface area (Å²) in [6.45, 7) is 0.543. The molecular formula is C24H26N6O2. The first-order chi connectivity index (χ1) is 15.5. The van der Waals surface area contributed by atoms with Crippen molar-refractivity contribution in [3.8, 4) is 6.07 Å². The number of hydrogen-bond donors (Lipinski definition) is 2. The maximum absolute atomic E-state index is 13.1. The average molecular weight is 431 g/mol. The van der Waals surface area contributed by atoms with Crippen LogP contribution in [0.5, 0.6) is 0 Å². The Labute approximate surface area is 187 Å². The van der Waals surface area contributed by atoms with Crippen molar-refractivity contribution in [2.75, 3.05) is 23.8 Å². The van der Waals surface area contributed by atoms with Crippen LogP contribution in [0.2, 0.25) is 0 Å². The van der Waals surface area contributed by atoms with E-state index in [0.29, 0.717) is 24.6 Å². The van der Waals surface area contributed by atoms with E-state index in [4.69, 9.17) is 0 Å². The van der Waals surface area contributed by atoms with Crippen molar-refractivity contribution >= 4 is 29.1 Å². The van der Waals surface area contributed by atoms with Gasteiger partial charge in [0.25, 0.3) is 0 Å². The molecule has 164 valence electrons. The standard InChI is InChI=1S/C24H26N6O2/c1-26-21(31)23(8-2-9-23)17-5-6-19(28-14-17)29-20-13-18(7-11-27-20)30-12-10-24(15-25,22(30)32)16-3-4-16/h5-7,11,13-14,16H,2-4,8-10,12H2,1H3,(H,26,31)(H,27,28,29)/t24-/m1/s1. The first-order valence-electron chi connectivity index (χ1n) is 11.2. The number of anilines is 3. The van der Waals surface area contributed by atoms with Crippen LogP contribution in [-0.2, 0) is 15.0 Å². The van der Waals surface area contributed by atoms with Crippen molar-refractivity contribution in [1.29, 1.82) is 5.26 Å². The molecule has 2 amide bonds. The van der Waals surface area contributed by atoms with Crippen LogP contribution >= 0.6 is 0 Å². The van der Waals surface area contributed by atoms with Crippen LogP contribution in [0.1, 0.15) is 44.1 Å². The van der Waals surface area contributed by atoms with Gasteiger partial charge in [-0.15, -0.1) is 0 Å². The van der Waals surface area contributed by atoms with E-state index in [-0.39, 0.29) is 17.7 Å². The van der Waals surface area contributed by atoms with Crippen LogP contribution in [0.15, 0.2) is 36.7 Å². The van der Waals surface area contributed by atoms with Gasteiger partial charge in [0.1, 0.15) is 17.1 Å². The number of nitrogens with zero attached hydrogens (tertiary/aromatic N) is 4. The molecular weight excluding hydrogens is 404 g/mol. The van der Waals surface area contributed by atoms with Crippen LogP contribution in [0.25, 0.3) is 0 Å². The number of nitrogens with one attached hydrogen (secondary N) is 2. The molecule has 32 heavy (non-hydrogen) atoms. The summed E-state index contributed by atoms with van der Waals surface area (Å²) < 4.78 is 0. The minimum absolute atomic E-state index is 0.0375. The molecule has 3 aliphatic rings. The van der Waals surface area contributed by atoms with Crippen molar-refractivity contribution in [2.45, 2.75) is 43.9 Å². The van der Waals surface area contributed by atoms with Gasteiger partial charge in [-0.2, -0.15) is 5.26 Å². The van der Waals surface area contributed by atoms with E-state index in [1.54, 1.807) is 30.4 Å². The van der Waals surface area contributed by atoms with E-state index in [9.17, 15) is 14.9 Å². The van der Waals surface area contributed by atoms with Gasteiger partial charge in [-0.25, -0.2) is 9.97 Å². The first kappa shape index (κ1) is 20.4. The highest BCUT2D eigenvalue weighted by Gasteiger charge is 2.56. The fraction of sp³-hybridized carbons (Fsp3) is 0.458. The second-order valence-corrected chi connectivity index (χ2v) is 9.04. The molecule has 8 heteroatoms. The lowest BCUT2D eigenvalue weighted by Crippen LogP contribution is -2.48. The Balaban J connectivity index is 1.32. The zero-order valence-electron chi connectivity index (χ0n) is 18.1. The fourth-order valence-corrected chi connectivity index (χ4v) is 5.09. The van der Waals surface area contributed by atoms with Crippen molar-refractivity contribution in [3.05, 3.63) is 42.2 Å². The molecule has 0 radical (unpaired) electrons. The Morgan fingerprint density at radius 2 is 2.00 bits per heavy atom. The molecule has 0 aromatic carbocycles. The Morgan fingerprint density at radius 3 is 2.59 bits per heavy atom. The number of rotatable bonds is 6. The summed E-state index contributed by atoms with van der Waals surface area (Å²) in [5.41, 5.74) is 0.320.